The molecule has 2 aromatic heterocycles. The van der Waals surface area contributed by atoms with Crippen LogP contribution in [0.3, 0.4) is 0 Å². The highest BCUT2D eigenvalue weighted by Gasteiger charge is 2.13. The second-order valence-electron chi connectivity index (χ2n) is 7.33. The van der Waals surface area contributed by atoms with Crippen LogP contribution in [0, 0.1) is 13.8 Å². The summed E-state index contributed by atoms with van der Waals surface area (Å²) in [5.41, 5.74) is 4.89. The van der Waals surface area contributed by atoms with Crippen LogP contribution in [0.4, 0.5) is 0 Å². The maximum absolute atomic E-state index is 12.7. The average molecular weight is 436 g/mol. The minimum atomic E-state index is -0.0920. The number of carbonyl (C=O) groups excluding carboxylic acids is 1. The summed E-state index contributed by atoms with van der Waals surface area (Å²) in [4.78, 5) is 17.4. The van der Waals surface area contributed by atoms with Gasteiger partial charge in [-0.3, -0.25) is 9.36 Å². The molecule has 0 bridgehead atoms. The molecule has 0 atom stereocenters. The third kappa shape index (κ3) is 4.27. The first-order valence-corrected chi connectivity index (χ1v) is 10.9. The number of methoxy groups -OCH3 is 2. The van der Waals surface area contributed by atoms with E-state index in [0.717, 1.165) is 32.3 Å². The molecule has 0 unspecified atom stereocenters. The smallest absolute Gasteiger partial charge is 0.251 e. The van der Waals surface area contributed by atoms with Gasteiger partial charge >= 0.3 is 0 Å². The maximum Gasteiger partial charge on any atom is 0.251 e. The second kappa shape index (κ2) is 8.81. The summed E-state index contributed by atoms with van der Waals surface area (Å²) in [6.45, 7) is 4.66. The Morgan fingerprint density at radius 1 is 1.00 bits per heavy atom. The Hall–Kier alpha value is -3.32. The predicted molar refractivity (Wildman–Crippen MR) is 124 cm³/mol. The zero-order chi connectivity index (χ0) is 22.0. The Morgan fingerprint density at radius 3 is 2.45 bits per heavy atom. The molecule has 7 heteroatoms. The fraction of sp³-hybridized carbons (Fsp3) is 0.250. The summed E-state index contributed by atoms with van der Waals surface area (Å²) >= 11 is 1.59. The lowest BCUT2D eigenvalue weighted by atomic mass is 10.1. The summed E-state index contributed by atoms with van der Waals surface area (Å²) in [5, 5.41) is 3.92. The number of carbonyl (C=O) groups is 1. The van der Waals surface area contributed by atoms with Gasteiger partial charge in [0.05, 0.1) is 24.4 Å². The van der Waals surface area contributed by atoms with Crippen molar-refractivity contribution in [3.8, 4) is 16.6 Å². The molecule has 1 N–H and O–H groups in total. The van der Waals surface area contributed by atoms with E-state index in [4.69, 9.17) is 14.5 Å². The zero-order valence-corrected chi connectivity index (χ0v) is 18.9. The van der Waals surface area contributed by atoms with E-state index in [1.807, 2.05) is 36.4 Å². The minimum absolute atomic E-state index is 0.0920. The van der Waals surface area contributed by atoms with Gasteiger partial charge in [-0.1, -0.05) is 17.4 Å². The number of amides is 1. The Balaban J connectivity index is 1.44. The van der Waals surface area contributed by atoms with E-state index in [1.165, 1.54) is 0 Å². The first kappa shape index (κ1) is 20.9. The second-order valence-corrected chi connectivity index (χ2v) is 8.33. The number of nitrogens with zero attached hydrogens (tertiary/aromatic N) is 2. The third-order valence-corrected chi connectivity index (χ3v) is 6.25. The maximum atomic E-state index is 12.7. The van der Waals surface area contributed by atoms with Crippen molar-refractivity contribution in [2.45, 2.75) is 20.3 Å². The number of rotatable bonds is 7. The van der Waals surface area contributed by atoms with Crippen molar-refractivity contribution in [2.75, 3.05) is 20.8 Å². The Labute approximate surface area is 185 Å². The summed E-state index contributed by atoms with van der Waals surface area (Å²) < 4.78 is 13.7. The molecule has 0 fully saturated rings. The lowest BCUT2D eigenvalue weighted by molar-refractivity contribution is 0.0954. The number of aryl methyl sites for hydroxylation is 2. The molecule has 4 aromatic rings. The standard InChI is InChI=1S/C24H25N3O3S/c1-15-5-6-16(2)27(15)24-26-19-9-8-18(14-22(19)31-24)23(28)25-12-11-17-7-10-20(29-3)21(13-17)30-4/h5-10,13-14H,11-12H2,1-4H3,(H,25,28). The molecule has 0 saturated carbocycles. The van der Waals surface area contributed by atoms with E-state index in [0.29, 0.717) is 30.0 Å². The van der Waals surface area contributed by atoms with Crippen molar-refractivity contribution in [3.05, 3.63) is 71.0 Å². The van der Waals surface area contributed by atoms with Gasteiger partial charge in [0.15, 0.2) is 16.6 Å². The number of fused-ring (bicyclic) bond motifs is 1. The number of thiazole rings is 1. The molecule has 4 rings (SSSR count). The number of hydrogen-bond acceptors (Lipinski definition) is 5. The molecule has 1 amide bonds. The fourth-order valence-corrected chi connectivity index (χ4v) is 4.70. The number of hydrogen-bond donors (Lipinski definition) is 1. The predicted octanol–water partition coefficient (Wildman–Crippen LogP) is 4.69. The van der Waals surface area contributed by atoms with Crippen LogP contribution in [0.25, 0.3) is 15.3 Å². The number of benzene rings is 2. The van der Waals surface area contributed by atoms with Crippen molar-refractivity contribution in [3.63, 3.8) is 0 Å². The van der Waals surface area contributed by atoms with Gasteiger partial charge in [0.25, 0.3) is 5.91 Å². The highest BCUT2D eigenvalue weighted by atomic mass is 32.1. The molecule has 0 saturated heterocycles. The largest absolute Gasteiger partial charge is 0.493 e. The van der Waals surface area contributed by atoms with Crippen LogP contribution in [0.5, 0.6) is 11.5 Å². The average Bonchev–Trinajstić information content (AvgIpc) is 3.34. The van der Waals surface area contributed by atoms with Crippen LogP contribution >= 0.6 is 11.3 Å². The van der Waals surface area contributed by atoms with Crippen LogP contribution in [0.15, 0.2) is 48.5 Å². The lowest BCUT2D eigenvalue weighted by Gasteiger charge is -2.10. The van der Waals surface area contributed by atoms with Crippen molar-refractivity contribution in [2.24, 2.45) is 0 Å². The van der Waals surface area contributed by atoms with Gasteiger partial charge in [-0.15, -0.1) is 0 Å². The summed E-state index contributed by atoms with van der Waals surface area (Å²) in [6.07, 6.45) is 0.700. The van der Waals surface area contributed by atoms with Crippen molar-refractivity contribution < 1.29 is 14.3 Å². The Kier molecular flexibility index (Phi) is 5.95. The van der Waals surface area contributed by atoms with E-state index in [1.54, 1.807) is 25.6 Å². The van der Waals surface area contributed by atoms with Gasteiger partial charge in [-0.05, 0) is 68.3 Å². The van der Waals surface area contributed by atoms with Crippen LogP contribution in [-0.4, -0.2) is 36.2 Å². The van der Waals surface area contributed by atoms with Crippen molar-refractivity contribution in [1.82, 2.24) is 14.9 Å². The number of nitrogens with one attached hydrogen (secondary N) is 1. The minimum Gasteiger partial charge on any atom is -0.493 e. The van der Waals surface area contributed by atoms with Crippen LogP contribution < -0.4 is 14.8 Å². The van der Waals surface area contributed by atoms with Gasteiger partial charge in [-0.25, -0.2) is 4.98 Å². The molecule has 2 heterocycles. The molecule has 6 nitrogen and oxygen atoms in total. The molecular formula is C24H25N3O3S. The van der Waals surface area contributed by atoms with Gasteiger partial charge < -0.3 is 14.8 Å². The molecule has 0 spiro atoms. The van der Waals surface area contributed by atoms with Crippen LogP contribution in [0.1, 0.15) is 27.3 Å². The van der Waals surface area contributed by atoms with Gasteiger partial charge in [0.2, 0.25) is 0 Å². The summed E-state index contributed by atoms with van der Waals surface area (Å²) in [7, 11) is 3.23. The molecule has 31 heavy (non-hydrogen) atoms. The SMILES string of the molecule is COc1ccc(CCNC(=O)c2ccc3nc(-n4c(C)ccc4C)sc3c2)cc1OC. The summed E-state index contributed by atoms with van der Waals surface area (Å²) in [6, 6.07) is 15.6. The highest BCUT2D eigenvalue weighted by Crippen LogP contribution is 2.29. The zero-order valence-electron chi connectivity index (χ0n) is 18.1. The summed E-state index contributed by atoms with van der Waals surface area (Å²) in [5.74, 6) is 1.29. The monoisotopic (exact) mass is 435 g/mol. The van der Waals surface area contributed by atoms with Crippen molar-refractivity contribution >= 4 is 27.5 Å². The molecule has 0 aliphatic rings. The quantitative estimate of drug-likeness (QED) is 0.457. The molecule has 0 aliphatic heterocycles. The molecule has 0 aliphatic carbocycles. The van der Waals surface area contributed by atoms with E-state index in [9.17, 15) is 4.79 Å². The topological polar surface area (TPSA) is 65.4 Å². The van der Waals surface area contributed by atoms with E-state index in [2.05, 4.69) is 35.9 Å². The van der Waals surface area contributed by atoms with Gasteiger partial charge in [0.1, 0.15) is 0 Å². The first-order chi connectivity index (χ1) is 15.0. The molecule has 0 radical (unpaired) electrons. The third-order valence-electron chi connectivity index (χ3n) is 5.25. The highest BCUT2D eigenvalue weighted by molar-refractivity contribution is 7.20. The van der Waals surface area contributed by atoms with E-state index in [-0.39, 0.29) is 5.91 Å². The Bertz CT molecular complexity index is 1220. The van der Waals surface area contributed by atoms with Gasteiger partial charge in [0, 0.05) is 23.5 Å². The van der Waals surface area contributed by atoms with Gasteiger partial charge in [-0.2, -0.15) is 0 Å². The van der Waals surface area contributed by atoms with Crippen LogP contribution in [-0.2, 0) is 6.42 Å². The van der Waals surface area contributed by atoms with Crippen LogP contribution in [0.2, 0.25) is 0 Å². The number of aromatic nitrogens is 2. The molecule has 2 aromatic carbocycles. The normalized spacial score (nSPS) is 11.0. The fourth-order valence-electron chi connectivity index (χ4n) is 3.58. The lowest BCUT2D eigenvalue weighted by Crippen LogP contribution is -2.25. The van der Waals surface area contributed by atoms with Crippen molar-refractivity contribution in [1.29, 1.82) is 0 Å². The first-order valence-electron chi connectivity index (χ1n) is 10.0. The molecule has 160 valence electrons. The Morgan fingerprint density at radius 2 is 1.74 bits per heavy atom. The number of ether oxygens (including phenoxy) is 2. The van der Waals surface area contributed by atoms with E-state index < -0.39 is 0 Å². The molecular weight excluding hydrogens is 410 g/mol. The van der Waals surface area contributed by atoms with E-state index >= 15 is 0 Å².